The molecule has 0 saturated heterocycles. The van der Waals surface area contributed by atoms with E-state index in [2.05, 4.69) is 23.3 Å². The summed E-state index contributed by atoms with van der Waals surface area (Å²) in [4.78, 5) is 17.7. The van der Waals surface area contributed by atoms with Crippen LogP contribution in [0.25, 0.3) is 10.9 Å². The number of fused-ring (bicyclic) bond motifs is 2. The molecule has 1 amide bonds. The summed E-state index contributed by atoms with van der Waals surface area (Å²) in [5.74, 6) is 1.53. The number of H-pyrrole nitrogens is 1. The molecule has 2 aromatic carbocycles. The quantitative estimate of drug-likeness (QED) is 0.764. The van der Waals surface area contributed by atoms with Crippen molar-refractivity contribution in [1.82, 2.24) is 9.88 Å². The van der Waals surface area contributed by atoms with Crippen molar-refractivity contribution in [2.75, 3.05) is 20.8 Å². The number of hydrogen-bond acceptors (Lipinski definition) is 3. The standard InChI is InChI=1S/C22H24N2O3/c1-14(25)24-9-8-15-11-21(26-2)22(27-3)12-18(15)20(24)10-16-13-23-19-7-5-4-6-17(16)19/h4-7,11-13,20,23H,8-10H2,1-3H3/t20-/m0/s1. The molecule has 1 N–H and O–H groups in total. The molecule has 2 heterocycles. The van der Waals surface area contributed by atoms with Crippen LogP contribution in [0.1, 0.15) is 29.7 Å². The third kappa shape index (κ3) is 3.03. The first-order chi connectivity index (χ1) is 13.1. The third-order valence-electron chi connectivity index (χ3n) is 5.50. The highest BCUT2D eigenvalue weighted by atomic mass is 16.5. The van der Waals surface area contributed by atoms with E-state index in [1.165, 1.54) is 16.5 Å². The first-order valence-electron chi connectivity index (χ1n) is 9.19. The van der Waals surface area contributed by atoms with Crippen LogP contribution in [0.4, 0.5) is 0 Å². The van der Waals surface area contributed by atoms with Gasteiger partial charge in [0.2, 0.25) is 5.91 Å². The SMILES string of the molecule is COc1cc2c(cc1OC)[C@H](Cc1c[nH]c3ccccc13)N(C(C)=O)CC2. The fourth-order valence-corrected chi connectivity index (χ4v) is 4.13. The van der Waals surface area contributed by atoms with Gasteiger partial charge in [0, 0.05) is 30.6 Å². The van der Waals surface area contributed by atoms with Gasteiger partial charge in [-0.2, -0.15) is 0 Å². The molecule has 140 valence electrons. The molecule has 0 bridgehead atoms. The van der Waals surface area contributed by atoms with Gasteiger partial charge in [0.1, 0.15) is 0 Å². The van der Waals surface area contributed by atoms with Gasteiger partial charge < -0.3 is 19.4 Å². The average Bonchev–Trinajstić information content (AvgIpc) is 3.10. The van der Waals surface area contributed by atoms with Crippen molar-refractivity contribution < 1.29 is 14.3 Å². The van der Waals surface area contributed by atoms with Gasteiger partial charge in [0.25, 0.3) is 0 Å². The van der Waals surface area contributed by atoms with Crippen LogP contribution < -0.4 is 9.47 Å². The van der Waals surface area contributed by atoms with E-state index in [0.29, 0.717) is 12.3 Å². The molecule has 0 unspecified atom stereocenters. The fraction of sp³-hybridized carbons (Fsp3) is 0.318. The highest BCUT2D eigenvalue weighted by Crippen LogP contribution is 2.40. The molecule has 0 fully saturated rings. The molecular formula is C22H24N2O3. The van der Waals surface area contributed by atoms with Crippen molar-refractivity contribution in [1.29, 1.82) is 0 Å². The van der Waals surface area contributed by atoms with Crippen LogP contribution >= 0.6 is 0 Å². The molecule has 0 radical (unpaired) electrons. The summed E-state index contributed by atoms with van der Waals surface area (Å²) in [7, 11) is 3.29. The van der Waals surface area contributed by atoms with Gasteiger partial charge in [-0.15, -0.1) is 0 Å². The van der Waals surface area contributed by atoms with Crippen LogP contribution in [0.5, 0.6) is 11.5 Å². The molecule has 1 aromatic heterocycles. The van der Waals surface area contributed by atoms with Crippen molar-refractivity contribution in [2.24, 2.45) is 0 Å². The topological polar surface area (TPSA) is 54.6 Å². The molecule has 27 heavy (non-hydrogen) atoms. The number of aromatic nitrogens is 1. The third-order valence-corrected chi connectivity index (χ3v) is 5.50. The van der Waals surface area contributed by atoms with E-state index < -0.39 is 0 Å². The molecule has 0 saturated carbocycles. The highest BCUT2D eigenvalue weighted by Gasteiger charge is 2.31. The predicted octanol–water partition coefficient (Wildman–Crippen LogP) is 3.87. The summed E-state index contributed by atoms with van der Waals surface area (Å²) in [6.07, 6.45) is 3.63. The predicted molar refractivity (Wildman–Crippen MR) is 105 cm³/mol. The van der Waals surface area contributed by atoms with E-state index >= 15 is 0 Å². The Bertz CT molecular complexity index is 992. The minimum absolute atomic E-state index is 0.0229. The highest BCUT2D eigenvalue weighted by molar-refractivity contribution is 5.83. The van der Waals surface area contributed by atoms with Crippen molar-refractivity contribution in [3.05, 3.63) is 59.3 Å². The fourth-order valence-electron chi connectivity index (χ4n) is 4.13. The lowest BCUT2D eigenvalue weighted by molar-refractivity contribution is -0.131. The molecule has 0 spiro atoms. The van der Waals surface area contributed by atoms with Crippen LogP contribution in [0.2, 0.25) is 0 Å². The van der Waals surface area contributed by atoms with Gasteiger partial charge in [0.05, 0.1) is 20.3 Å². The Labute approximate surface area is 158 Å². The summed E-state index contributed by atoms with van der Waals surface area (Å²) in [6.45, 7) is 2.36. The van der Waals surface area contributed by atoms with Crippen LogP contribution in [0.15, 0.2) is 42.6 Å². The number of para-hydroxylation sites is 1. The Morgan fingerprint density at radius 2 is 1.93 bits per heavy atom. The Kier molecular flexibility index (Phi) is 4.52. The zero-order valence-corrected chi connectivity index (χ0v) is 15.9. The second-order valence-corrected chi connectivity index (χ2v) is 6.95. The summed E-state index contributed by atoms with van der Waals surface area (Å²) >= 11 is 0. The first-order valence-corrected chi connectivity index (χ1v) is 9.19. The number of ether oxygens (including phenoxy) is 2. The first kappa shape index (κ1) is 17.5. The molecule has 0 aliphatic carbocycles. The van der Waals surface area contributed by atoms with Gasteiger partial charge in [-0.25, -0.2) is 0 Å². The Morgan fingerprint density at radius 1 is 1.19 bits per heavy atom. The van der Waals surface area contributed by atoms with Crippen molar-refractivity contribution in [2.45, 2.75) is 25.8 Å². The zero-order valence-electron chi connectivity index (χ0n) is 15.9. The molecule has 1 aliphatic heterocycles. The number of carbonyl (C=O) groups is 1. The van der Waals surface area contributed by atoms with Gasteiger partial charge in [-0.05, 0) is 47.7 Å². The second-order valence-electron chi connectivity index (χ2n) is 6.95. The Hall–Kier alpha value is -2.95. The maximum absolute atomic E-state index is 12.4. The van der Waals surface area contributed by atoms with Crippen LogP contribution in [0, 0.1) is 0 Å². The Morgan fingerprint density at radius 3 is 2.67 bits per heavy atom. The summed E-state index contributed by atoms with van der Waals surface area (Å²) in [5.41, 5.74) is 4.68. The van der Waals surface area contributed by atoms with E-state index in [4.69, 9.17) is 9.47 Å². The van der Waals surface area contributed by atoms with Crippen LogP contribution in [-0.2, 0) is 17.6 Å². The van der Waals surface area contributed by atoms with E-state index in [1.807, 2.05) is 29.2 Å². The molecular weight excluding hydrogens is 340 g/mol. The molecule has 5 heteroatoms. The maximum Gasteiger partial charge on any atom is 0.219 e. The van der Waals surface area contributed by atoms with E-state index in [-0.39, 0.29) is 11.9 Å². The Balaban J connectivity index is 1.80. The monoisotopic (exact) mass is 364 g/mol. The van der Waals surface area contributed by atoms with Crippen LogP contribution in [0.3, 0.4) is 0 Å². The maximum atomic E-state index is 12.4. The van der Waals surface area contributed by atoms with Gasteiger partial charge in [-0.3, -0.25) is 4.79 Å². The number of hydrogen-bond donors (Lipinski definition) is 1. The molecule has 1 aliphatic rings. The number of methoxy groups -OCH3 is 2. The van der Waals surface area contributed by atoms with Crippen molar-refractivity contribution >= 4 is 16.8 Å². The molecule has 4 rings (SSSR count). The lowest BCUT2D eigenvalue weighted by Gasteiger charge is -2.37. The lowest BCUT2D eigenvalue weighted by Crippen LogP contribution is -2.39. The van der Waals surface area contributed by atoms with Gasteiger partial charge in [0.15, 0.2) is 11.5 Å². The number of benzene rings is 2. The van der Waals surface area contributed by atoms with E-state index in [1.54, 1.807) is 21.1 Å². The number of aromatic amines is 1. The molecule has 1 atom stereocenters. The minimum atomic E-state index is -0.0229. The van der Waals surface area contributed by atoms with Crippen molar-refractivity contribution in [3.63, 3.8) is 0 Å². The van der Waals surface area contributed by atoms with Crippen LogP contribution in [-0.4, -0.2) is 36.6 Å². The molecule has 5 nitrogen and oxygen atoms in total. The summed E-state index contributed by atoms with van der Waals surface area (Å²) in [5, 5.41) is 1.20. The minimum Gasteiger partial charge on any atom is -0.493 e. The summed E-state index contributed by atoms with van der Waals surface area (Å²) in [6, 6.07) is 12.3. The summed E-state index contributed by atoms with van der Waals surface area (Å²) < 4.78 is 11.0. The second kappa shape index (κ2) is 6.99. The number of amides is 1. The number of nitrogens with zero attached hydrogens (tertiary/aromatic N) is 1. The lowest BCUT2D eigenvalue weighted by atomic mass is 9.88. The number of nitrogens with one attached hydrogen (secondary N) is 1. The molecule has 3 aromatic rings. The normalized spacial score (nSPS) is 16.3. The zero-order chi connectivity index (χ0) is 19.0. The van der Waals surface area contributed by atoms with E-state index in [9.17, 15) is 4.79 Å². The van der Waals surface area contributed by atoms with E-state index in [0.717, 1.165) is 29.7 Å². The van der Waals surface area contributed by atoms with Gasteiger partial charge >= 0.3 is 0 Å². The number of rotatable bonds is 4. The average molecular weight is 364 g/mol. The largest absolute Gasteiger partial charge is 0.493 e. The van der Waals surface area contributed by atoms with Gasteiger partial charge in [-0.1, -0.05) is 18.2 Å². The number of carbonyl (C=O) groups excluding carboxylic acids is 1. The van der Waals surface area contributed by atoms with Crippen molar-refractivity contribution in [3.8, 4) is 11.5 Å². The smallest absolute Gasteiger partial charge is 0.219 e.